The van der Waals surface area contributed by atoms with Crippen LogP contribution >= 0.6 is 0 Å². The number of anilines is 1. The van der Waals surface area contributed by atoms with E-state index < -0.39 is 10.2 Å². The minimum absolute atomic E-state index is 0.0902. The molecule has 1 aromatic rings. The normalized spacial score (nSPS) is 19.0. The molecule has 1 amide bonds. The molecule has 2 heterocycles. The van der Waals surface area contributed by atoms with Crippen LogP contribution in [0.25, 0.3) is 0 Å². The highest BCUT2D eigenvalue weighted by Gasteiger charge is 2.27. The maximum Gasteiger partial charge on any atom is 0.302 e. The summed E-state index contributed by atoms with van der Waals surface area (Å²) in [5.74, 6) is 0.130. The number of rotatable bonds is 7. The molecule has 1 atom stereocenters. The van der Waals surface area contributed by atoms with Gasteiger partial charge in [-0.15, -0.1) is 0 Å². The molecule has 0 saturated carbocycles. The number of hydrogen-bond donors (Lipinski definition) is 2. The number of aromatic nitrogens is 2. The van der Waals surface area contributed by atoms with E-state index in [1.807, 2.05) is 6.92 Å². The molecule has 0 aromatic carbocycles. The van der Waals surface area contributed by atoms with E-state index in [0.717, 1.165) is 12.8 Å². The Morgan fingerprint density at radius 2 is 2.33 bits per heavy atom. The molecule has 1 unspecified atom stereocenters. The van der Waals surface area contributed by atoms with Gasteiger partial charge in [0.05, 0.1) is 0 Å². The average molecular weight is 315 g/mol. The molecule has 0 spiro atoms. The molecular formula is C12H21N5O3S. The largest absolute Gasteiger partial charge is 0.354 e. The molecule has 1 aliphatic rings. The molecule has 1 fully saturated rings. The summed E-state index contributed by atoms with van der Waals surface area (Å²) in [7, 11) is -2.08. The molecule has 118 valence electrons. The van der Waals surface area contributed by atoms with Gasteiger partial charge in [-0.25, -0.2) is 0 Å². The lowest BCUT2D eigenvalue weighted by Crippen LogP contribution is -2.33. The second-order valence-electron chi connectivity index (χ2n) is 5.06. The summed E-state index contributed by atoms with van der Waals surface area (Å²) >= 11 is 0. The highest BCUT2D eigenvalue weighted by molar-refractivity contribution is 7.90. The number of hydrogen-bond acceptors (Lipinski definition) is 4. The molecule has 0 radical (unpaired) electrons. The number of carbonyl (C=O) groups is 1. The summed E-state index contributed by atoms with van der Waals surface area (Å²) in [4.78, 5) is 11.6. The Hall–Kier alpha value is -1.61. The minimum Gasteiger partial charge on any atom is -0.354 e. The van der Waals surface area contributed by atoms with Crippen molar-refractivity contribution in [2.45, 2.75) is 32.2 Å². The fourth-order valence-electron chi connectivity index (χ4n) is 2.11. The Labute approximate surface area is 124 Å². The van der Waals surface area contributed by atoms with Crippen molar-refractivity contribution in [2.75, 3.05) is 24.9 Å². The van der Waals surface area contributed by atoms with Crippen molar-refractivity contribution in [2.24, 2.45) is 0 Å². The van der Waals surface area contributed by atoms with Crippen LogP contribution in [0.3, 0.4) is 0 Å². The van der Waals surface area contributed by atoms with E-state index in [-0.39, 0.29) is 17.8 Å². The van der Waals surface area contributed by atoms with Gasteiger partial charge >= 0.3 is 10.2 Å². The zero-order chi connectivity index (χ0) is 15.5. The lowest BCUT2D eigenvalue weighted by molar-refractivity contribution is -0.122. The number of amides is 1. The lowest BCUT2D eigenvalue weighted by Gasteiger charge is -2.16. The Bertz CT molecular complexity index is 598. The Morgan fingerprint density at radius 3 is 2.95 bits per heavy atom. The van der Waals surface area contributed by atoms with E-state index >= 15 is 0 Å². The van der Waals surface area contributed by atoms with Crippen LogP contribution in [0.15, 0.2) is 12.3 Å². The highest BCUT2D eigenvalue weighted by Crippen LogP contribution is 2.18. The van der Waals surface area contributed by atoms with Gasteiger partial charge in [0.1, 0.15) is 6.04 Å². The van der Waals surface area contributed by atoms with E-state index in [1.165, 1.54) is 16.0 Å². The maximum absolute atomic E-state index is 12.1. The van der Waals surface area contributed by atoms with Gasteiger partial charge < -0.3 is 5.32 Å². The van der Waals surface area contributed by atoms with Crippen LogP contribution < -0.4 is 10.0 Å². The summed E-state index contributed by atoms with van der Waals surface area (Å²) in [6.07, 6.45) is 3.99. The van der Waals surface area contributed by atoms with Gasteiger partial charge in [-0.05, 0) is 12.8 Å². The van der Waals surface area contributed by atoms with Crippen molar-refractivity contribution in [1.82, 2.24) is 19.4 Å². The van der Waals surface area contributed by atoms with Crippen LogP contribution in [-0.2, 0) is 15.0 Å². The summed E-state index contributed by atoms with van der Waals surface area (Å²) < 4.78 is 29.3. The minimum atomic E-state index is -3.60. The van der Waals surface area contributed by atoms with Gasteiger partial charge in [0.2, 0.25) is 5.91 Å². The second kappa shape index (κ2) is 6.44. The molecule has 1 aliphatic heterocycles. The summed E-state index contributed by atoms with van der Waals surface area (Å²) in [5.41, 5.74) is 0. The fourth-order valence-corrected chi connectivity index (χ4v) is 3.01. The van der Waals surface area contributed by atoms with E-state index in [0.29, 0.717) is 19.5 Å². The third kappa shape index (κ3) is 3.73. The van der Waals surface area contributed by atoms with Crippen molar-refractivity contribution >= 4 is 21.9 Å². The summed E-state index contributed by atoms with van der Waals surface area (Å²) in [6.45, 7) is 3.07. The van der Waals surface area contributed by atoms with Crippen molar-refractivity contribution in [3.8, 4) is 0 Å². The standard InChI is InChI=1S/C12H21N5O3S/c1-3-4-8-16(2)21(19,20)15-11-6-9-17(14-11)10-5-7-13-12(10)18/h6,9-10H,3-5,7-8H2,1-2H3,(H,13,18)(H,14,15). The van der Waals surface area contributed by atoms with E-state index in [4.69, 9.17) is 0 Å². The fraction of sp³-hybridized carbons (Fsp3) is 0.667. The van der Waals surface area contributed by atoms with Crippen molar-refractivity contribution in [3.63, 3.8) is 0 Å². The quantitative estimate of drug-likeness (QED) is 0.758. The van der Waals surface area contributed by atoms with Crippen LogP contribution in [0.1, 0.15) is 32.2 Å². The summed E-state index contributed by atoms with van der Waals surface area (Å²) in [6, 6.07) is 1.19. The first-order valence-electron chi connectivity index (χ1n) is 7.01. The third-order valence-electron chi connectivity index (χ3n) is 3.42. The maximum atomic E-state index is 12.1. The van der Waals surface area contributed by atoms with Gasteiger partial charge in [0.15, 0.2) is 5.82 Å². The van der Waals surface area contributed by atoms with Gasteiger partial charge in [-0.2, -0.15) is 17.8 Å². The molecule has 21 heavy (non-hydrogen) atoms. The first-order chi connectivity index (χ1) is 9.94. The number of nitrogens with one attached hydrogen (secondary N) is 2. The van der Waals surface area contributed by atoms with Gasteiger partial charge in [-0.3, -0.25) is 14.2 Å². The van der Waals surface area contributed by atoms with Crippen LogP contribution in [0.2, 0.25) is 0 Å². The second-order valence-corrected chi connectivity index (χ2v) is 6.84. The number of carbonyl (C=O) groups excluding carboxylic acids is 1. The van der Waals surface area contributed by atoms with Crippen molar-refractivity contribution in [1.29, 1.82) is 0 Å². The molecule has 0 bridgehead atoms. The Morgan fingerprint density at radius 1 is 1.57 bits per heavy atom. The van der Waals surface area contributed by atoms with E-state index in [2.05, 4.69) is 15.1 Å². The van der Waals surface area contributed by atoms with Crippen molar-refractivity contribution < 1.29 is 13.2 Å². The molecule has 1 aromatic heterocycles. The Balaban J connectivity index is 2.03. The van der Waals surface area contributed by atoms with Crippen LogP contribution in [0.4, 0.5) is 5.82 Å². The molecule has 2 rings (SSSR count). The van der Waals surface area contributed by atoms with Gasteiger partial charge in [0, 0.05) is 32.4 Å². The smallest absolute Gasteiger partial charge is 0.302 e. The lowest BCUT2D eigenvalue weighted by atomic mass is 10.2. The zero-order valence-electron chi connectivity index (χ0n) is 12.2. The van der Waals surface area contributed by atoms with E-state index in [9.17, 15) is 13.2 Å². The molecular weight excluding hydrogens is 294 g/mol. The van der Waals surface area contributed by atoms with Crippen LogP contribution in [0, 0.1) is 0 Å². The molecule has 1 saturated heterocycles. The predicted molar refractivity (Wildman–Crippen MR) is 79.0 cm³/mol. The molecule has 2 N–H and O–H groups in total. The highest BCUT2D eigenvalue weighted by atomic mass is 32.2. The molecule has 0 aliphatic carbocycles. The number of nitrogens with zero attached hydrogens (tertiary/aromatic N) is 3. The van der Waals surface area contributed by atoms with E-state index in [1.54, 1.807) is 12.3 Å². The molecule has 9 heteroatoms. The third-order valence-corrected chi connectivity index (χ3v) is 4.89. The average Bonchev–Trinajstić information content (AvgIpc) is 3.04. The van der Waals surface area contributed by atoms with Gasteiger partial charge in [0.25, 0.3) is 0 Å². The first kappa shape index (κ1) is 15.8. The number of unbranched alkanes of at least 4 members (excludes halogenated alkanes) is 1. The summed E-state index contributed by atoms with van der Waals surface area (Å²) in [5, 5.41) is 6.85. The predicted octanol–water partition coefficient (Wildman–Crippen LogP) is 0.333. The first-order valence-corrected chi connectivity index (χ1v) is 8.45. The SMILES string of the molecule is CCCCN(C)S(=O)(=O)Nc1ccn(C2CCNC2=O)n1. The monoisotopic (exact) mass is 315 g/mol. The van der Waals surface area contributed by atoms with Crippen LogP contribution in [-0.4, -0.2) is 48.5 Å². The topological polar surface area (TPSA) is 96.3 Å². The van der Waals surface area contributed by atoms with Crippen molar-refractivity contribution in [3.05, 3.63) is 12.3 Å². The zero-order valence-corrected chi connectivity index (χ0v) is 13.1. The molecule has 8 nitrogen and oxygen atoms in total. The van der Waals surface area contributed by atoms with Gasteiger partial charge in [-0.1, -0.05) is 13.3 Å². The van der Waals surface area contributed by atoms with Crippen LogP contribution in [0.5, 0.6) is 0 Å². The Kier molecular flexibility index (Phi) is 4.84.